The van der Waals surface area contributed by atoms with Crippen molar-refractivity contribution in [2.75, 3.05) is 7.11 Å². The van der Waals surface area contributed by atoms with E-state index in [1.54, 1.807) is 34.6 Å². The fourth-order valence-corrected chi connectivity index (χ4v) is 1.69. The molecule has 0 saturated heterocycles. The lowest BCUT2D eigenvalue weighted by Gasteiger charge is -2.22. The first kappa shape index (κ1) is 16.9. The number of carbonyl (C=O) groups excluding carboxylic acids is 2. The zero-order chi connectivity index (χ0) is 16.2. The minimum Gasteiger partial charge on any atom is -0.467 e. The van der Waals surface area contributed by atoms with Crippen LogP contribution in [0.15, 0.2) is 6.20 Å². The van der Waals surface area contributed by atoms with Crippen LogP contribution in [0.5, 0.6) is 0 Å². The zero-order valence-corrected chi connectivity index (χ0v) is 13.2. The predicted octanol–water partition coefficient (Wildman–Crippen LogP) is 1.60. The van der Waals surface area contributed by atoms with Crippen molar-refractivity contribution in [1.82, 2.24) is 20.3 Å². The average molecular weight is 298 g/mol. The van der Waals surface area contributed by atoms with Crippen molar-refractivity contribution in [1.29, 1.82) is 0 Å². The van der Waals surface area contributed by atoms with E-state index >= 15 is 0 Å². The molecule has 1 aromatic heterocycles. The molecule has 0 aliphatic heterocycles. The molecule has 0 unspecified atom stereocenters. The predicted molar refractivity (Wildman–Crippen MR) is 74.5 cm³/mol. The van der Waals surface area contributed by atoms with Gasteiger partial charge in [0.1, 0.15) is 11.6 Å². The maximum absolute atomic E-state index is 11.8. The standard InChI is InChI=1S/C13H22N4O4/c1-8(15-12(19)21-13(3,4)5)10-7-14-16-17(10)9(2)11(18)20-6/h7-9H,1-6H3,(H,15,19)/t8-,9+/m0/s1. The molecule has 118 valence electrons. The Morgan fingerprint density at radius 1 is 1.33 bits per heavy atom. The Labute approximate surface area is 123 Å². The molecule has 0 aliphatic rings. The summed E-state index contributed by atoms with van der Waals surface area (Å²) in [7, 11) is 1.30. The van der Waals surface area contributed by atoms with Crippen LogP contribution >= 0.6 is 0 Å². The van der Waals surface area contributed by atoms with E-state index in [9.17, 15) is 9.59 Å². The van der Waals surface area contributed by atoms with Gasteiger partial charge in [-0.25, -0.2) is 14.3 Å². The largest absolute Gasteiger partial charge is 0.467 e. The Morgan fingerprint density at radius 2 is 1.95 bits per heavy atom. The van der Waals surface area contributed by atoms with Gasteiger partial charge in [-0.2, -0.15) is 0 Å². The maximum Gasteiger partial charge on any atom is 0.408 e. The molecular weight excluding hydrogens is 276 g/mol. The van der Waals surface area contributed by atoms with Gasteiger partial charge in [-0.1, -0.05) is 5.21 Å². The van der Waals surface area contributed by atoms with Gasteiger partial charge in [-0.3, -0.25) is 0 Å². The van der Waals surface area contributed by atoms with Crippen LogP contribution in [0.3, 0.4) is 0 Å². The number of carbonyl (C=O) groups is 2. The topological polar surface area (TPSA) is 95.3 Å². The summed E-state index contributed by atoms with van der Waals surface area (Å²) in [4.78, 5) is 23.3. The molecule has 0 bridgehead atoms. The minimum atomic E-state index is -0.629. The molecule has 1 rings (SSSR count). The Bertz CT molecular complexity index is 507. The van der Waals surface area contributed by atoms with Crippen LogP contribution in [-0.4, -0.2) is 39.8 Å². The molecule has 8 nitrogen and oxygen atoms in total. The van der Waals surface area contributed by atoms with Gasteiger partial charge in [0.2, 0.25) is 0 Å². The molecule has 0 aromatic carbocycles. The second kappa shape index (κ2) is 6.55. The van der Waals surface area contributed by atoms with Gasteiger partial charge < -0.3 is 14.8 Å². The lowest BCUT2D eigenvalue weighted by atomic mass is 10.2. The van der Waals surface area contributed by atoms with Crippen molar-refractivity contribution < 1.29 is 19.1 Å². The fourth-order valence-electron chi connectivity index (χ4n) is 1.69. The molecule has 1 amide bonds. The van der Waals surface area contributed by atoms with Gasteiger partial charge in [0.15, 0.2) is 0 Å². The summed E-state index contributed by atoms with van der Waals surface area (Å²) in [5.41, 5.74) is 0.000444. The highest BCUT2D eigenvalue weighted by Gasteiger charge is 2.24. The number of amides is 1. The van der Waals surface area contributed by atoms with Crippen LogP contribution in [0.1, 0.15) is 52.4 Å². The number of rotatable bonds is 4. The van der Waals surface area contributed by atoms with E-state index in [4.69, 9.17) is 4.74 Å². The summed E-state index contributed by atoms with van der Waals surface area (Å²) < 4.78 is 11.3. The van der Waals surface area contributed by atoms with E-state index in [-0.39, 0.29) is 0 Å². The smallest absolute Gasteiger partial charge is 0.408 e. The number of ether oxygens (including phenoxy) is 2. The first-order chi connectivity index (χ1) is 9.65. The second-order valence-electron chi connectivity index (χ2n) is 5.67. The Kier molecular flexibility index (Phi) is 5.28. The average Bonchev–Trinajstić information content (AvgIpc) is 2.83. The van der Waals surface area contributed by atoms with E-state index in [1.165, 1.54) is 18.0 Å². The number of nitrogens with zero attached hydrogens (tertiary/aromatic N) is 3. The molecule has 0 aliphatic carbocycles. The normalized spacial score (nSPS) is 14.2. The number of methoxy groups -OCH3 is 1. The highest BCUT2D eigenvalue weighted by molar-refractivity contribution is 5.73. The van der Waals surface area contributed by atoms with Crippen LogP contribution in [-0.2, 0) is 14.3 Å². The molecule has 0 saturated carbocycles. The highest BCUT2D eigenvalue weighted by atomic mass is 16.6. The van der Waals surface area contributed by atoms with Crippen LogP contribution in [0, 0.1) is 0 Å². The lowest BCUT2D eigenvalue weighted by molar-refractivity contribution is -0.144. The third-order valence-electron chi connectivity index (χ3n) is 2.69. The minimum absolute atomic E-state index is 0.415. The van der Waals surface area contributed by atoms with Crippen LogP contribution in [0.2, 0.25) is 0 Å². The Balaban J connectivity index is 2.80. The fraction of sp³-hybridized carbons (Fsp3) is 0.692. The quantitative estimate of drug-likeness (QED) is 0.848. The zero-order valence-electron chi connectivity index (χ0n) is 13.2. The summed E-state index contributed by atoms with van der Waals surface area (Å²) in [5, 5.41) is 10.3. The van der Waals surface area contributed by atoms with Crippen molar-refractivity contribution in [2.24, 2.45) is 0 Å². The first-order valence-corrected chi connectivity index (χ1v) is 6.63. The van der Waals surface area contributed by atoms with E-state index in [2.05, 4.69) is 20.4 Å². The van der Waals surface area contributed by atoms with E-state index < -0.39 is 29.7 Å². The van der Waals surface area contributed by atoms with Crippen molar-refractivity contribution in [2.45, 2.75) is 52.3 Å². The molecule has 2 atom stereocenters. The molecule has 0 fully saturated rings. The number of hydrogen-bond acceptors (Lipinski definition) is 6. The number of nitrogens with one attached hydrogen (secondary N) is 1. The van der Waals surface area contributed by atoms with E-state index in [0.717, 1.165) is 0 Å². The number of hydrogen-bond donors (Lipinski definition) is 1. The molecule has 1 N–H and O–H groups in total. The molecular formula is C13H22N4O4. The maximum atomic E-state index is 11.8. The van der Waals surface area contributed by atoms with Crippen molar-refractivity contribution in [3.63, 3.8) is 0 Å². The lowest BCUT2D eigenvalue weighted by Crippen LogP contribution is -2.35. The van der Waals surface area contributed by atoms with E-state index in [1.807, 2.05) is 0 Å². The third-order valence-corrected chi connectivity index (χ3v) is 2.69. The Morgan fingerprint density at radius 3 is 2.48 bits per heavy atom. The number of esters is 1. The summed E-state index contributed by atoms with van der Waals surface area (Å²) in [6.45, 7) is 8.74. The monoisotopic (exact) mass is 298 g/mol. The second-order valence-corrected chi connectivity index (χ2v) is 5.67. The van der Waals surface area contributed by atoms with Crippen molar-refractivity contribution in [3.05, 3.63) is 11.9 Å². The molecule has 8 heteroatoms. The van der Waals surface area contributed by atoms with Crippen molar-refractivity contribution in [3.8, 4) is 0 Å². The van der Waals surface area contributed by atoms with Gasteiger partial charge >= 0.3 is 12.1 Å². The van der Waals surface area contributed by atoms with Gasteiger partial charge in [0, 0.05) is 0 Å². The van der Waals surface area contributed by atoms with E-state index in [0.29, 0.717) is 5.69 Å². The summed E-state index contributed by atoms with van der Waals surface area (Å²) in [6.07, 6.45) is 0.940. The van der Waals surface area contributed by atoms with Gasteiger partial charge in [-0.15, -0.1) is 5.10 Å². The summed E-state index contributed by atoms with van der Waals surface area (Å²) in [5.74, 6) is -0.439. The summed E-state index contributed by atoms with van der Waals surface area (Å²) >= 11 is 0. The molecule has 0 spiro atoms. The van der Waals surface area contributed by atoms with Crippen LogP contribution < -0.4 is 5.32 Å². The third kappa shape index (κ3) is 4.73. The first-order valence-electron chi connectivity index (χ1n) is 6.63. The number of aromatic nitrogens is 3. The van der Waals surface area contributed by atoms with Gasteiger partial charge in [-0.05, 0) is 34.6 Å². The van der Waals surface area contributed by atoms with Crippen LogP contribution in [0.4, 0.5) is 4.79 Å². The van der Waals surface area contributed by atoms with Crippen molar-refractivity contribution >= 4 is 12.1 Å². The molecule has 1 aromatic rings. The van der Waals surface area contributed by atoms with Crippen LogP contribution in [0.25, 0.3) is 0 Å². The SMILES string of the molecule is COC(=O)[C@@H](C)n1nncc1[C@H](C)NC(=O)OC(C)(C)C. The molecule has 1 heterocycles. The number of alkyl carbamates (subject to hydrolysis) is 1. The Hall–Kier alpha value is -2.12. The highest BCUT2D eigenvalue weighted by Crippen LogP contribution is 2.17. The summed E-state index contributed by atoms with van der Waals surface area (Å²) in [6, 6.07) is -1.04. The van der Waals surface area contributed by atoms with Gasteiger partial charge in [0.25, 0.3) is 0 Å². The van der Waals surface area contributed by atoms with Gasteiger partial charge in [0.05, 0.1) is 25.0 Å². The molecule has 21 heavy (non-hydrogen) atoms. The molecule has 0 radical (unpaired) electrons.